The summed E-state index contributed by atoms with van der Waals surface area (Å²) in [5.41, 5.74) is 1.23. The minimum absolute atomic E-state index is 0.0718. The van der Waals surface area contributed by atoms with E-state index in [2.05, 4.69) is 5.32 Å². The number of halogens is 1. The fraction of sp³-hybridized carbons (Fsp3) is 0.611. The van der Waals surface area contributed by atoms with Gasteiger partial charge in [-0.3, -0.25) is 4.79 Å². The monoisotopic (exact) mass is 302 g/mol. The lowest BCUT2D eigenvalue weighted by atomic mass is 9.91. The molecule has 3 fully saturated rings. The average molecular weight is 302 g/mol. The van der Waals surface area contributed by atoms with Crippen LogP contribution in [-0.2, 0) is 4.79 Å². The Morgan fingerprint density at radius 3 is 2.91 bits per heavy atom. The third-order valence-corrected chi connectivity index (χ3v) is 5.86. The molecule has 2 saturated heterocycles. The predicted octanol–water partition coefficient (Wildman–Crippen LogP) is 2.88. The fourth-order valence-electron chi connectivity index (χ4n) is 4.47. The van der Waals surface area contributed by atoms with Crippen LogP contribution in [0.1, 0.15) is 43.7 Å². The van der Waals surface area contributed by atoms with Crippen molar-refractivity contribution < 1.29 is 9.18 Å². The van der Waals surface area contributed by atoms with Crippen LogP contribution < -0.4 is 5.32 Å². The van der Waals surface area contributed by atoms with E-state index in [0.29, 0.717) is 5.91 Å². The molecule has 1 aromatic rings. The van der Waals surface area contributed by atoms with Crippen LogP contribution in [0.4, 0.5) is 4.39 Å². The molecule has 2 aliphatic heterocycles. The van der Waals surface area contributed by atoms with Crippen molar-refractivity contribution >= 4 is 5.91 Å². The molecular formula is C18H23FN2O. The van der Waals surface area contributed by atoms with Gasteiger partial charge in [-0.25, -0.2) is 4.39 Å². The minimum atomic E-state index is -0.210. The number of likely N-dealkylation sites (tertiary alicyclic amines) is 1. The number of benzene rings is 1. The highest BCUT2D eigenvalue weighted by Gasteiger charge is 2.59. The molecule has 2 atom stereocenters. The van der Waals surface area contributed by atoms with Crippen LogP contribution in [0, 0.1) is 17.2 Å². The lowest BCUT2D eigenvalue weighted by Gasteiger charge is -2.28. The predicted molar refractivity (Wildman–Crippen MR) is 82.7 cm³/mol. The van der Waals surface area contributed by atoms with Crippen LogP contribution in [0.3, 0.4) is 0 Å². The van der Waals surface area contributed by atoms with Gasteiger partial charge in [-0.2, -0.15) is 0 Å². The third kappa shape index (κ3) is 2.34. The lowest BCUT2D eigenvalue weighted by Crippen LogP contribution is -2.36. The molecule has 4 rings (SSSR count). The summed E-state index contributed by atoms with van der Waals surface area (Å²) >= 11 is 0. The number of hydrogen-bond donors (Lipinski definition) is 1. The van der Waals surface area contributed by atoms with Gasteiger partial charge in [0.25, 0.3) is 0 Å². The van der Waals surface area contributed by atoms with Crippen LogP contribution >= 0.6 is 0 Å². The fourth-order valence-corrected chi connectivity index (χ4v) is 4.47. The largest absolute Gasteiger partial charge is 0.335 e. The van der Waals surface area contributed by atoms with E-state index < -0.39 is 0 Å². The molecular weight excluding hydrogens is 279 g/mol. The molecule has 1 spiro atoms. The second kappa shape index (κ2) is 5.34. The maximum absolute atomic E-state index is 13.5. The van der Waals surface area contributed by atoms with Crippen molar-refractivity contribution in [2.75, 3.05) is 19.6 Å². The van der Waals surface area contributed by atoms with Crippen molar-refractivity contribution in [3.05, 3.63) is 35.6 Å². The molecule has 2 unspecified atom stereocenters. The molecule has 3 nitrogen and oxygen atoms in total. The lowest BCUT2D eigenvalue weighted by molar-refractivity contribution is -0.134. The Morgan fingerprint density at radius 2 is 2.14 bits per heavy atom. The molecule has 22 heavy (non-hydrogen) atoms. The summed E-state index contributed by atoms with van der Waals surface area (Å²) in [7, 11) is 0. The van der Waals surface area contributed by atoms with E-state index in [4.69, 9.17) is 0 Å². The first kappa shape index (κ1) is 14.2. The maximum atomic E-state index is 13.5. The molecule has 1 amide bonds. The number of hydrogen-bond acceptors (Lipinski definition) is 2. The summed E-state index contributed by atoms with van der Waals surface area (Å²) in [4.78, 5) is 15.0. The van der Waals surface area contributed by atoms with Gasteiger partial charge in [0.1, 0.15) is 5.82 Å². The van der Waals surface area contributed by atoms with E-state index in [0.717, 1.165) is 57.3 Å². The molecule has 1 aliphatic carbocycles. The zero-order chi connectivity index (χ0) is 15.2. The number of amides is 1. The highest BCUT2D eigenvalue weighted by atomic mass is 19.1. The summed E-state index contributed by atoms with van der Waals surface area (Å²) in [5.74, 6) is 0.315. The normalized spacial score (nSPS) is 29.8. The summed E-state index contributed by atoms with van der Waals surface area (Å²) < 4.78 is 13.5. The highest BCUT2D eigenvalue weighted by Crippen LogP contribution is 2.59. The SMILES string of the molecule is O=C(C1CC12CCNCC2)N1CCCC1c1cccc(F)c1. The summed E-state index contributed by atoms with van der Waals surface area (Å²) in [6, 6.07) is 6.82. The Labute approximate surface area is 130 Å². The van der Waals surface area contributed by atoms with Crippen LogP contribution in [-0.4, -0.2) is 30.4 Å². The van der Waals surface area contributed by atoms with Crippen LogP contribution in [0.15, 0.2) is 24.3 Å². The smallest absolute Gasteiger partial charge is 0.226 e. The summed E-state index contributed by atoms with van der Waals surface area (Å²) in [6.45, 7) is 2.90. The number of carbonyl (C=O) groups is 1. The van der Waals surface area contributed by atoms with Gasteiger partial charge >= 0.3 is 0 Å². The van der Waals surface area contributed by atoms with E-state index in [1.807, 2.05) is 11.0 Å². The van der Waals surface area contributed by atoms with Gasteiger partial charge in [-0.05, 0) is 68.3 Å². The molecule has 1 saturated carbocycles. The van der Waals surface area contributed by atoms with Crippen molar-refractivity contribution in [3.63, 3.8) is 0 Å². The van der Waals surface area contributed by atoms with E-state index in [1.54, 1.807) is 12.1 Å². The van der Waals surface area contributed by atoms with Gasteiger partial charge in [-0.1, -0.05) is 12.1 Å². The average Bonchev–Trinajstić information content (AvgIpc) is 2.99. The molecule has 3 aliphatic rings. The molecule has 0 bridgehead atoms. The van der Waals surface area contributed by atoms with Crippen LogP contribution in [0.2, 0.25) is 0 Å². The van der Waals surface area contributed by atoms with E-state index >= 15 is 0 Å². The van der Waals surface area contributed by atoms with Gasteiger partial charge in [0.2, 0.25) is 5.91 Å². The second-order valence-corrected chi connectivity index (χ2v) is 7.11. The highest BCUT2D eigenvalue weighted by molar-refractivity contribution is 5.83. The van der Waals surface area contributed by atoms with Gasteiger partial charge in [0, 0.05) is 12.5 Å². The van der Waals surface area contributed by atoms with E-state index in [9.17, 15) is 9.18 Å². The zero-order valence-corrected chi connectivity index (χ0v) is 12.9. The van der Waals surface area contributed by atoms with Crippen molar-refractivity contribution in [3.8, 4) is 0 Å². The van der Waals surface area contributed by atoms with Gasteiger partial charge in [-0.15, -0.1) is 0 Å². The Kier molecular flexibility index (Phi) is 3.44. The zero-order valence-electron chi connectivity index (χ0n) is 12.9. The van der Waals surface area contributed by atoms with E-state index in [1.165, 1.54) is 6.07 Å². The van der Waals surface area contributed by atoms with Crippen molar-refractivity contribution in [1.29, 1.82) is 0 Å². The van der Waals surface area contributed by atoms with Gasteiger partial charge in [0.15, 0.2) is 0 Å². The Balaban J connectivity index is 1.51. The molecule has 0 radical (unpaired) electrons. The second-order valence-electron chi connectivity index (χ2n) is 7.11. The first-order valence-electron chi connectivity index (χ1n) is 8.46. The van der Waals surface area contributed by atoms with Crippen molar-refractivity contribution in [1.82, 2.24) is 10.2 Å². The first-order valence-corrected chi connectivity index (χ1v) is 8.46. The topological polar surface area (TPSA) is 32.3 Å². The first-order chi connectivity index (χ1) is 10.7. The number of nitrogens with one attached hydrogen (secondary N) is 1. The van der Waals surface area contributed by atoms with Gasteiger partial charge in [0.05, 0.1) is 6.04 Å². The van der Waals surface area contributed by atoms with Gasteiger partial charge < -0.3 is 10.2 Å². The summed E-state index contributed by atoms with van der Waals surface area (Å²) in [5, 5.41) is 3.38. The number of piperidine rings is 1. The quantitative estimate of drug-likeness (QED) is 0.911. The maximum Gasteiger partial charge on any atom is 0.226 e. The molecule has 1 aromatic carbocycles. The molecule has 118 valence electrons. The molecule has 0 aromatic heterocycles. The summed E-state index contributed by atoms with van der Waals surface area (Å²) in [6.07, 6.45) is 5.29. The Hall–Kier alpha value is -1.42. The molecule has 4 heteroatoms. The third-order valence-electron chi connectivity index (χ3n) is 5.86. The van der Waals surface area contributed by atoms with E-state index in [-0.39, 0.29) is 23.2 Å². The minimum Gasteiger partial charge on any atom is -0.335 e. The standard InChI is InChI=1S/C18H23FN2O/c19-14-4-1-3-13(11-14)16-5-2-10-21(16)17(22)15-12-18(15)6-8-20-9-7-18/h1,3-4,11,15-16,20H,2,5-10,12H2. The Bertz CT molecular complexity index is 582. The van der Waals surface area contributed by atoms with Crippen molar-refractivity contribution in [2.45, 2.75) is 38.1 Å². The Morgan fingerprint density at radius 1 is 1.32 bits per heavy atom. The van der Waals surface area contributed by atoms with Crippen molar-refractivity contribution in [2.24, 2.45) is 11.3 Å². The number of nitrogens with zero attached hydrogens (tertiary/aromatic N) is 1. The molecule has 1 N–H and O–H groups in total. The molecule has 2 heterocycles. The number of rotatable bonds is 2. The van der Waals surface area contributed by atoms with Crippen LogP contribution in [0.25, 0.3) is 0 Å². The van der Waals surface area contributed by atoms with Crippen LogP contribution in [0.5, 0.6) is 0 Å². The number of carbonyl (C=O) groups excluding carboxylic acids is 1.